The van der Waals surface area contributed by atoms with Gasteiger partial charge in [-0.2, -0.15) is 0 Å². The molecule has 0 radical (unpaired) electrons. The van der Waals surface area contributed by atoms with E-state index in [9.17, 15) is 17.2 Å². The van der Waals surface area contributed by atoms with Crippen LogP contribution in [-0.2, 0) is 9.84 Å². The Kier molecular flexibility index (Phi) is 3.71. The fourth-order valence-electron chi connectivity index (χ4n) is 1.42. The minimum absolute atomic E-state index is 0.123. The molecule has 6 heteroatoms. The van der Waals surface area contributed by atoms with Crippen LogP contribution in [0.25, 0.3) is 6.08 Å². The molecule has 0 atom stereocenters. The molecule has 19 heavy (non-hydrogen) atoms. The summed E-state index contributed by atoms with van der Waals surface area (Å²) in [5.74, 6) is -1.50. The van der Waals surface area contributed by atoms with Crippen LogP contribution >= 0.6 is 0 Å². The van der Waals surface area contributed by atoms with Crippen molar-refractivity contribution in [3.8, 4) is 0 Å². The highest BCUT2D eigenvalue weighted by molar-refractivity contribution is 7.94. The van der Waals surface area contributed by atoms with Gasteiger partial charge in [-0.1, -0.05) is 12.1 Å². The molecular formula is C13H9F2NO2S. The molecule has 1 aromatic carbocycles. The number of rotatable bonds is 3. The van der Waals surface area contributed by atoms with Crippen LogP contribution in [0.15, 0.2) is 52.9 Å². The topological polar surface area (TPSA) is 47.0 Å². The molecule has 0 fully saturated rings. The fraction of sp³-hybridized carbons (Fsp3) is 0. The third kappa shape index (κ3) is 3.03. The van der Waals surface area contributed by atoms with Gasteiger partial charge in [0.1, 0.15) is 16.5 Å². The minimum Gasteiger partial charge on any atom is -0.254 e. The summed E-state index contributed by atoms with van der Waals surface area (Å²) < 4.78 is 50.4. The van der Waals surface area contributed by atoms with E-state index in [-0.39, 0.29) is 5.69 Å². The van der Waals surface area contributed by atoms with Crippen LogP contribution in [0.2, 0.25) is 0 Å². The number of sulfone groups is 1. The van der Waals surface area contributed by atoms with E-state index in [0.717, 1.165) is 29.7 Å². The second-order valence-electron chi connectivity index (χ2n) is 3.65. The maximum Gasteiger partial charge on any atom is 0.202 e. The van der Waals surface area contributed by atoms with E-state index in [1.165, 1.54) is 24.4 Å². The van der Waals surface area contributed by atoms with Gasteiger partial charge < -0.3 is 0 Å². The predicted octanol–water partition coefficient (Wildman–Crippen LogP) is 2.80. The van der Waals surface area contributed by atoms with Crippen molar-refractivity contribution in [3.63, 3.8) is 0 Å². The van der Waals surface area contributed by atoms with E-state index in [1.54, 1.807) is 0 Å². The van der Waals surface area contributed by atoms with Crippen LogP contribution in [0.1, 0.15) is 5.69 Å². The van der Waals surface area contributed by atoms with Crippen molar-refractivity contribution in [2.75, 3.05) is 0 Å². The maximum absolute atomic E-state index is 13.4. The maximum atomic E-state index is 13.4. The van der Waals surface area contributed by atoms with Crippen molar-refractivity contribution in [2.45, 2.75) is 4.90 Å². The summed E-state index contributed by atoms with van der Waals surface area (Å²) in [5.41, 5.74) is -0.123. The largest absolute Gasteiger partial charge is 0.254 e. The number of aromatic nitrogens is 1. The van der Waals surface area contributed by atoms with Gasteiger partial charge in [-0.15, -0.1) is 0 Å². The highest BCUT2D eigenvalue weighted by atomic mass is 32.2. The Hall–Kier alpha value is -2.08. The number of nitrogens with zero attached hydrogens (tertiary/aromatic N) is 1. The molecule has 98 valence electrons. The molecule has 2 rings (SSSR count). The third-order valence-corrected chi connectivity index (χ3v) is 3.77. The standard InChI is InChI=1S/C13H9F2NO2S/c14-10-5-3-8-16-12(10)7-9-19(17,18)13-6-2-1-4-11(13)15/h1-9H. The van der Waals surface area contributed by atoms with Crippen molar-refractivity contribution in [2.24, 2.45) is 0 Å². The number of halogens is 2. The summed E-state index contributed by atoms with van der Waals surface area (Å²) in [4.78, 5) is 3.22. The van der Waals surface area contributed by atoms with Gasteiger partial charge in [0, 0.05) is 11.6 Å². The molecule has 1 aromatic heterocycles. The molecule has 0 unspecified atom stereocenters. The lowest BCUT2D eigenvalue weighted by Gasteiger charge is -2.00. The van der Waals surface area contributed by atoms with Gasteiger partial charge in [0.05, 0.1) is 5.69 Å². The number of hydrogen-bond acceptors (Lipinski definition) is 3. The summed E-state index contributed by atoms with van der Waals surface area (Å²) >= 11 is 0. The van der Waals surface area contributed by atoms with E-state index in [1.807, 2.05) is 0 Å². The molecule has 0 bridgehead atoms. The van der Waals surface area contributed by atoms with Crippen LogP contribution in [0.3, 0.4) is 0 Å². The average Bonchev–Trinajstić information content (AvgIpc) is 2.38. The van der Waals surface area contributed by atoms with Crippen LogP contribution in [-0.4, -0.2) is 13.4 Å². The van der Waals surface area contributed by atoms with Crippen LogP contribution < -0.4 is 0 Å². The summed E-state index contributed by atoms with van der Waals surface area (Å²) in [6, 6.07) is 7.52. The average molecular weight is 281 g/mol. The smallest absolute Gasteiger partial charge is 0.202 e. The van der Waals surface area contributed by atoms with Crippen molar-refractivity contribution >= 4 is 15.9 Å². The molecule has 2 aromatic rings. The summed E-state index contributed by atoms with van der Waals surface area (Å²) in [7, 11) is -3.97. The fourth-order valence-corrected chi connectivity index (χ4v) is 2.49. The first-order chi connectivity index (χ1) is 9.00. The van der Waals surface area contributed by atoms with Gasteiger partial charge in [0.25, 0.3) is 0 Å². The zero-order valence-electron chi connectivity index (χ0n) is 9.62. The summed E-state index contributed by atoms with van der Waals surface area (Å²) in [6.07, 6.45) is 2.33. The van der Waals surface area contributed by atoms with E-state index < -0.39 is 26.4 Å². The van der Waals surface area contributed by atoms with Gasteiger partial charge in [-0.25, -0.2) is 17.2 Å². The first-order valence-corrected chi connectivity index (χ1v) is 6.83. The van der Waals surface area contributed by atoms with Crippen LogP contribution in [0.4, 0.5) is 8.78 Å². The molecule has 3 nitrogen and oxygen atoms in total. The lowest BCUT2D eigenvalue weighted by molar-refractivity contribution is 0.572. The second-order valence-corrected chi connectivity index (χ2v) is 5.45. The lowest BCUT2D eigenvalue weighted by atomic mass is 10.3. The summed E-state index contributed by atoms with van der Waals surface area (Å²) in [5, 5.41) is 0.733. The molecule has 1 heterocycles. The lowest BCUT2D eigenvalue weighted by Crippen LogP contribution is -1.99. The first-order valence-electron chi connectivity index (χ1n) is 5.29. The van der Waals surface area contributed by atoms with Gasteiger partial charge in [-0.05, 0) is 30.3 Å². The van der Waals surface area contributed by atoms with E-state index in [2.05, 4.69) is 4.98 Å². The molecule has 0 aliphatic rings. The molecule has 0 saturated carbocycles. The van der Waals surface area contributed by atoms with Gasteiger partial charge in [0.15, 0.2) is 0 Å². The Morgan fingerprint density at radius 3 is 2.37 bits per heavy atom. The molecular weight excluding hydrogens is 272 g/mol. The highest BCUT2D eigenvalue weighted by Gasteiger charge is 2.15. The van der Waals surface area contributed by atoms with Crippen molar-refractivity contribution in [1.82, 2.24) is 4.98 Å². The second kappa shape index (κ2) is 5.27. The number of hydrogen-bond donors (Lipinski definition) is 0. The minimum atomic E-state index is -3.97. The Balaban J connectivity index is 2.38. The molecule has 0 N–H and O–H groups in total. The van der Waals surface area contributed by atoms with Crippen molar-refractivity contribution < 1.29 is 17.2 Å². The molecule has 0 amide bonds. The molecule has 0 aliphatic carbocycles. The van der Waals surface area contributed by atoms with Gasteiger partial charge in [0.2, 0.25) is 9.84 Å². The third-order valence-electron chi connectivity index (χ3n) is 2.34. The van der Waals surface area contributed by atoms with Crippen LogP contribution in [0.5, 0.6) is 0 Å². The van der Waals surface area contributed by atoms with Crippen molar-refractivity contribution in [3.05, 3.63) is 65.3 Å². The van der Waals surface area contributed by atoms with Crippen molar-refractivity contribution in [1.29, 1.82) is 0 Å². The normalized spacial score (nSPS) is 11.9. The number of benzene rings is 1. The highest BCUT2D eigenvalue weighted by Crippen LogP contribution is 2.17. The first kappa shape index (κ1) is 13.4. The van der Waals surface area contributed by atoms with Gasteiger partial charge in [-0.3, -0.25) is 4.98 Å². The predicted molar refractivity (Wildman–Crippen MR) is 66.8 cm³/mol. The Labute approximate surface area is 109 Å². The molecule has 0 spiro atoms. The van der Waals surface area contributed by atoms with Crippen LogP contribution in [0, 0.1) is 11.6 Å². The van der Waals surface area contributed by atoms with E-state index in [0.29, 0.717) is 0 Å². The number of pyridine rings is 1. The van der Waals surface area contributed by atoms with E-state index >= 15 is 0 Å². The Bertz CT molecular complexity index is 727. The molecule has 0 aliphatic heterocycles. The van der Waals surface area contributed by atoms with E-state index in [4.69, 9.17) is 0 Å². The monoisotopic (exact) mass is 281 g/mol. The SMILES string of the molecule is O=S(=O)(C=Cc1ncccc1F)c1ccccc1F. The quantitative estimate of drug-likeness (QED) is 0.869. The zero-order valence-corrected chi connectivity index (χ0v) is 10.4. The zero-order chi connectivity index (χ0) is 13.9. The Morgan fingerprint density at radius 2 is 1.68 bits per heavy atom. The Morgan fingerprint density at radius 1 is 1.00 bits per heavy atom. The summed E-state index contributed by atoms with van der Waals surface area (Å²) in [6.45, 7) is 0. The molecule has 0 saturated heterocycles. The van der Waals surface area contributed by atoms with Gasteiger partial charge >= 0.3 is 0 Å².